The van der Waals surface area contributed by atoms with Gasteiger partial charge in [-0.15, -0.1) is 10.2 Å². The number of nitrogens with zero attached hydrogens (tertiary/aromatic N) is 3. The molecule has 1 atom stereocenters. The second-order valence-electron chi connectivity index (χ2n) is 7.50. The molecule has 0 unspecified atom stereocenters. The summed E-state index contributed by atoms with van der Waals surface area (Å²) in [5, 5.41) is 14.1. The third-order valence-electron chi connectivity index (χ3n) is 5.42. The number of anilines is 1. The number of aromatic nitrogens is 2. The number of amides is 1. The quantitative estimate of drug-likeness (QED) is 0.917. The van der Waals surface area contributed by atoms with Crippen LogP contribution in [0.4, 0.5) is 5.13 Å². The minimum Gasteiger partial charge on any atom is -0.350 e. The van der Waals surface area contributed by atoms with Gasteiger partial charge in [0.25, 0.3) is 0 Å². The number of rotatable bonds is 3. The van der Waals surface area contributed by atoms with Crippen molar-refractivity contribution >= 4 is 22.4 Å². The van der Waals surface area contributed by atoms with Crippen LogP contribution < -0.4 is 10.2 Å². The van der Waals surface area contributed by atoms with Gasteiger partial charge in [-0.1, -0.05) is 55.5 Å². The fourth-order valence-electron chi connectivity index (χ4n) is 3.88. The third-order valence-corrected chi connectivity index (χ3v) is 6.70. The van der Waals surface area contributed by atoms with E-state index in [1.807, 2.05) is 18.2 Å². The van der Waals surface area contributed by atoms with Crippen LogP contribution in [0.2, 0.25) is 0 Å². The molecule has 2 saturated heterocycles. The molecule has 2 aromatic rings. The van der Waals surface area contributed by atoms with Gasteiger partial charge < -0.3 is 10.2 Å². The highest BCUT2D eigenvalue weighted by Crippen LogP contribution is 2.40. The first-order valence-corrected chi connectivity index (χ1v) is 9.83. The molecule has 132 valence electrons. The standard InChI is InChI=1S/C19H24N4OS/c1-13(2)17-21-22-18(25-17)23-10-8-19(9-11-23)12-15(16(24)20-19)14-6-4-3-5-7-14/h3-7,13,15H,8-12H2,1-2H3,(H,20,24)/t15-/m1/s1. The minimum absolute atomic E-state index is 0.0122. The average Bonchev–Trinajstić information content (AvgIpc) is 3.22. The maximum Gasteiger partial charge on any atom is 0.228 e. The van der Waals surface area contributed by atoms with E-state index in [9.17, 15) is 4.79 Å². The van der Waals surface area contributed by atoms with Crippen molar-refractivity contribution in [1.82, 2.24) is 15.5 Å². The fourth-order valence-corrected chi connectivity index (χ4v) is 4.78. The molecule has 2 aliphatic heterocycles. The molecular formula is C19H24N4OS. The molecule has 0 radical (unpaired) electrons. The summed E-state index contributed by atoms with van der Waals surface area (Å²) in [7, 11) is 0. The topological polar surface area (TPSA) is 58.1 Å². The Morgan fingerprint density at radius 3 is 2.56 bits per heavy atom. The van der Waals surface area contributed by atoms with Crippen LogP contribution in [0.5, 0.6) is 0 Å². The lowest BCUT2D eigenvalue weighted by Crippen LogP contribution is -2.51. The van der Waals surface area contributed by atoms with E-state index in [2.05, 4.69) is 46.4 Å². The highest BCUT2D eigenvalue weighted by atomic mass is 32.1. The van der Waals surface area contributed by atoms with E-state index in [0.29, 0.717) is 5.92 Å². The number of hydrogen-bond donors (Lipinski definition) is 1. The van der Waals surface area contributed by atoms with E-state index in [4.69, 9.17) is 0 Å². The molecule has 4 rings (SSSR count). The minimum atomic E-state index is -0.0559. The van der Waals surface area contributed by atoms with E-state index in [1.54, 1.807) is 11.3 Å². The lowest BCUT2D eigenvalue weighted by Gasteiger charge is -2.39. The van der Waals surface area contributed by atoms with E-state index in [0.717, 1.165) is 48.1 Å². The van der Waals surface area contributed by atoms with Gasteiger partial charge in [-0.2, -0.15) is 0 Å². The molecule has 25 heavy (non-hydrogen) atoms. The van der Waals surface area contributed by atoms with E-state index in [1.165, 1.54) is 0 Å². The molecule has 5 nitrogen and oxygen atoms in total. The first kappa shape index (κ1) is 16.5. The Bertz CT molecular complexity index is 750. The molecule has 1 N–H and O–H groups in total. The first-order valence-electron chi connectivity index (χ1n) is 9.02. The van der Waals surface area contributed by atoms with Crippen molar-refractivity contribution < 1.29 is 4.79 Å². The summed E-state index contributed by atoms with van der Waals surface area (Å²) in [6, 6.07) is 10.1. The van der Waals surface area contributed by atoms with Gasteiger partial charge in [0.2, 0.25) is 11.0 Å². The SMILES string of the molecule is CC(C)c1nnc(N2CCC3(CC2)C[C@H](c2ccccc2)C(=O)N3)s1. The predicted octanol–water partition coefficient (Wildman–Crippen LogP) is 3.30. The van der Waals surface area contributed by atoms with Gasteiger partial charge in [-0.25, -0.2) is 0 Å². The van der Waals surface area contributed by atoms with Gasteiger partial charge >= 0.3 is 0 Å². The summed E-state index contributed by atoms with van der Waals surface area (Å²) < 4.78 is 0. The number of piperidine rings is 1. The largest absolute Gasteiger partial charge is 0.350 e. The molecule has 2 aliphatic rings. The molecule has 3 heterocycles. The third kappa shape index (κ3) is 3.15. The van der Waals surface area contributed by atoms with Crippen molar-refractivity contribution in [3.63, 3.8) is 0 Å². The number of carbonyl (C=O) groups is 1. The van der Waals surface area contributed by atoms with Gasteiger partial charge in [0.15, 0.2) is 0 Å². The normalized spacial score (nSPS) is 22.6. The van der Waals surface area contributed by atoms with Crippen LogP contribution in [-0.2, 0) is 4.79 Å². The molecule has 1 amide bonds. The summed E-state index contributed by atoms with van der Waals surface area (Å²) in [5.74, 6) is 0.586. The van der Waals surface area contributed by atoms with Gasteiger partial charge in [0.1, 0.15) is 5.01 Å². The van der Waals surface area contributed by atoms with Crippen molar-refractivity contribution in [2.45, 2.75) is 50.5 Å². The Morgan fingerprint density at radius 2 is 1.92 bits per heavy atom. The summed E-state index contributed by atoms with van der Waals surface area (Å²) >= 11 is 1.69. The Morgan fingerprint density at radius 1 is 1.20 bits per heavy atom. The van der Waals surface area contributed by atoms with Crippen LogP contribution in [0, 0.1) is 0 Å². The lowest BCUT2D eigenvalue weighted by molar-refractivity contribution is -0.121. The van der Waals surface area contributed by atoms with E-state index < -0.39 is 0 Å². The zero-order valence-electron chi connectivity index (χ0n) is 14.7. The van der Waals surface area contributed by atoms with Crippen molar-refractivity contribution in [3.05, 3.63) is 40.9 Å². The van der Waals surface area contributed by atoms with Gasteiger partial charge in [0.05, 0.1) is 5.92 Å². The van der Waals surface area contributed by atoms with Crippen molar-refractivity contribution in [2.75, 3.05) is 18.0 Å². The van der Waals surface area contributed by atoms with Crippen molar-refractivity contribution in [2.24, 2.45) is 0 Å². The number of carbonyl (C=O) groups excluding carboxylic acids is 1. The highest BCUT2D eigenvalue weighted by molar-refractivity contribution is 7.15. The Hall–Kier alpha value is -1.95. The number of nitrogens with one attached hydrogen (secondary N) is 1. The maximum atomic E-state index is 12.5. The van der Waals surface area contributed by atoms with Crippen LogP contribution >= 0.6 is 11.3 Å². The Kier molecular flexibility index (Phi) is 4.23. The number of hydrogen-bond acceptors (Lipinski definition) is 5. The van der Waals surface area contributed by atoms with Crippen LogP contribution in [0.25, 0.3) is 0 Å². The smallest absolute Gasteiger partial charge is 0.228 e. The van der Waals surface area contributed by atoms with Gasteiger partial charge in [0, 0.05) is 24.5 Å². The van der Waals surface area contributed by atoms with Crippen LogP contribution in [0.1, 0.15) is 55.5 Å². The molecule has 0 aliphatic carbocycles. The molecule has 0 saturated carbocycles. The molecular weight excluding hydrogens is 332 g/mol. The van der Waals surface area contributed by atoms with Crippen LogP contribution in [0.15, 0.2) is 30.3 Å². The molecule has 1 spiro atoms. The van der Waals surface area contributed by atoms with Crippen LogP contribution in [-0.4, -0.2) is 34.7 Å². The number of benzene rings is 1. The predicted molar refractivity (Wildman–Crippen MR) is 100 cm³/mol. The summed E-state index contributed by atoms with van der Waals surface area (Å²) in [5.41, 5.74) is 1.07. The summed E-state index contributed by atoms with van der Waals surface area (Å²) in [6.07, 6.45) is 2.84. The second-order valence-corrected chi connectivity index (χ2v) is 8.49. The molecule has 2 fully saturated rings. The van der Waals surface area contributed by atoms with E-state index in [-0.39, 0.29) is 17.4 Å². The maximum absolute atomic E-state index is 12.5. The average molecular weight is 356 g/mol. The zero-order chi connectivity index (χ0) is 17.4. The summed E-state index contributed by atoms with van der Waals surface area (Å²) in [4.78, 5) is 14.8. The van der Waals surface area contributed by atoms with Crippen molar-refractivity contribution in [1.29, 1.82) is 0 Å². The van der Waals surface area contributed by atoms with Gasteiger partial charge in [-0.3, -0.25) is 4.79 Å². The van der Waals surface area contributed by atoms with Crippen molar-refractivity contribution in [3.8, 4) is 0 Å². The molecule has 1 aromatic heterocycles. The first-order chi connectivity index (χ1) is 12.1. The van der Waals surface area contributed by atoms with Gasteiger partial charge in [-0.05, 0) is 24.8 Å². The van der Waals surface area contributed by atoms with Crippen LogP contribution in [0.3, 0.4) is 0 Å². The monoisotopic (exact) mass is 356 g/mol. The lowest BCUT2D eigenvalue weighted by atomic mass is 9.82. The zero-order valence-corrected chi connectivity index (χ0v) is 15.6. The van der Waals surface area contributed by atoms with E-state index >= 15 is 0 Å². The molecule has 0 bridgehead atoms. The second kappa shape index (κ2) is 6.41. The molecule has 6 heteroatoms. The Labute approximate surface area is 152 Å². The Balaban J connectivity index is 1.43. The summed E-state index contributed by atoms with van der Waals surface area (Å²) in [6.45, 7) is 6.14. The highest BCUT2D eigenvalue weighted by Gasteiger charge is 2.46. The fraction of sp³-hybridized carbons (Fsp3) is 0.526. The molecule has 1 aromatic carbocycles.